The number of halogens is 2. The predicted octanol–water partition coefficient (Wildman–Crippen LogP) is 0.980. The van der Waals surface area contributed by atoms with Crippen LogP contribution in [0.15, 0.2) is 6.07 Å². The van der Waals surface area contributed by atoms with Crippen LogP contribution in [0.5, 0.6) is 0 Å². The van der Waals surface area contributed by atoms with E-state index in [4.69, 9.17) is 28.3 Å². The van der Waals surface area contributed by atoms with Crippen LogP contribution in [-0.4, -0.2) is 27.1 Å². The highest BCUT2D eigenvalue weighted by Crippen LogP contribution is 2.15. The van der Waals surface area contributed by atoms with E-state index in [0.717, 1.165) is 0 Å². The van der Waals surface area contributed by atoms with E-state index in [1.807, 2.05) is 0 Å². The summed E-state index contributed by atoms with van der Waals surface area (Å²) in [5, 5.41) is 15.2. The Bertz CT molecular complexity index is 395. The van der Waals surface area contributed by atoms with Crippen molar-refractivity contribution >= 4 is 35.0 Å². The average molecular weight is 235 g/mol. The number of ketones is 1. The van der Waals surface area contributed by atoms with Crippen molar-refractivity contribution in [2.24, 2.45) is 0 Å². The lowest BCUT2D eigenvalue weighted by molar-refractivity contribution is -0.148. The van der Waals surface area contributed by atoms with Gasteiger partial charge in [0.05, 0.1) is 0 Å². The molecule has 1 aromatic rings. The lowest BCUT2D eigenvalue weighted by Crippen LogP contribution is -2.15. The Morgan fingerprint density at radius 3 is 2.57 bits per heavy atom. The molecule has 0 bridgehead atoms. The van der Waals surface area contributed by atoms with Gasteiger partial charge in [0.25, 0.3) is 0 Å². The molecule has 0 aliphatic rings. The summed E-state index contributed by atoms with van der Waals surface area (Å²) in [5.41, 5.74) is 0.249. The Balaban J connectivity index is 2.91. The third kappa shape index (κ3) is 2.65. The Morgan fingerprint density at radius 1 is 1.36 bits per heavy atom. The number of nitrogens with zero attached hydrogens (tertiary/aromatic N) is 2. The third-order valence-corrected chi connectivity index (χ3v) is 1.88. The van der Waals surface area contributed by atoms with Crippen molar-refractivity contribution in [2.45, 2.75) is 6.42 Å². The molecular weight excluding hydrogens is 231 g/mol. The van der Waals surface area contributed by atoms with Crippen molar-refractivity contribution in [3.8, 4) is 0 Å². The lowest BCUT2D eigenvalue weighted by Gasteiger charge is -1.99. The molecule has 14 heavy (non-hydrogen) atoms. The number of Topliss-reactive ketones (excluding diaryl/α,β-unsaturated/α-hetero) is 1. The molecule has 0 amide bonds. The van der Waals surface area contributed by atoms with E-state index in [9.17, 15) is 9.59 Å². The van der Waals surface area contributed by atoms with Gasteiger partial charge in [-0.2, -0.15) is 0 Å². The number of carbonyl (C=O) groups is 2. The first kappa shape index (κ1) is 10.9. The van der Waals surface area contributed by atoms with Crippen LogP contribution in [0.25, 0.3) is 0 Å². The fourth-order valence-corrected chi connectivity index (χ4v) is 1.09. The largest absolute Gasteiger partial charge is 0.475 e. The van der Waals surface area contributed by atoms with Crippen LogP contribution < -0.4 is 0 Å². The second-order valence-electron chi connectivity index (χ2n) is 2.39. The molecule has 1 N–H and O–H groups in total. The highest BCUT2D eigenvalue weighted by Gasteiger charge is 2.15. The molecule has 0 aliphatic heterocycles. The molecule has 0 saturated carbocycles. The summed E-state index contributed by atoms with van der Waals surface area (Å²) in [4.78, 5) is 21.1. The summed E-state index contributed by atoms with van der Waals surface area (Å²) >= 11 is 11.1. The first-order valence-corrected chi connectivity index (χ1v) is 4.20. The summed E-state index contributed by atoms with van der Waals surface area (Å²) in [6.07, 6.45) is -0.344. The number of hydrogen-bond acceptors (Lipinski definition) is 4. The second kappa shape index (κ2) is 4.34. The Morgan fingerprint density at radius 2 is 2.00 bits per heavy atom. The normalized spacial score (nSPS) is 9.86. The van der Waals surface area contributed by atoms with E-state index in [1.54, 1.807) is 0 Å². The smallest absolute Gasteiger partial charge is 0.372 e. The Hall–Kier alpha value is -1.20. The summed E-state index contributed by atoms with van der Waals surface area (Å²) in [7, 11) is 0. The van der Waals surface area contributed by atoms with Gasteiger partial charge in [-0.15, -0.1) is 10.2 Å². The van der Waals surface area contributed by atoms with E-state index < -0.39 is 11.8 Å². The molecule has 0 spiro atoms. The van der Waals surface area contributed by atoms with Crippen molar-refractivity contribution in [1.29, 1.82) is 0 Å². The van der Waals surface area contributed by atoms with Crippen molar-refractivity contribution in [2.75, 3.05) is 0 Å². The summed E-state index contributed by atoms with van der Waals surface area (Å²) in [6.45, 7) is 0. The SMILES string of the molecule is O=C(O)C(=O)Cc1cc(Cl)nnc1Cl. The van der Waals surface area contributed by atoms with E-state index in [-0.39, 0.29) is 22.3 Å². The van der Waals surface area contributed by atoms with Crippen molar-refractivity contribution in [3.05, 3.63) is 21.9 Å². The zero-order chi connectivity index (χ0) is 10.7. The van der Waals surface area contributed by atoms with Gasteiger partial charge >= 0.3 is 5.97 Å². The van der Waals surface area contributed by atoms with E-state index in [0.29, 0.717) is 0 Å². The number of aromatic nitrogens is 2. The van der Waals surface area contributed by atoms with E-state index in [2.05, 4.69) is 10.2 Å². The van der Waals surface area contributed by atoms with Crippen LogP contribution in [0.4, 0.5) is 0 Å². The van der Waals surface area contributed by atoms with Gasteiger partial charge < -0.3 is 5.11 Å². The van der Waals surface area contributed by atoms with Crippen molar-refractivity contribution in [3.63, 3.8) is 0 Å². The molecule has 1 aromatic heterocycles. The number of rotatable bonds is 3. The van der Waals surface area contributed by atoms with Gasteiger partial charge in [0, 0.05) is 12.0 Å². The standard InChI is InChI=1S/C7H4Cl2N2O3/c8-5-2-3(6(9)11-10-5)1-4(12)7(13)14/h2H,1H2,(H,13,14). The molecule has 0 saturated heterocycles. The van der Waals surface area contributed by atoms with Crippen LogP contribution in [0, 0.1) is 0 Å². The Labute approximate surface area is 88.7 Å². The molecule has 0 aromatic carbocycles. The van der Waals surface area contributed by atoms with Crippen LogP contribution in [-0.2, 0) is 16.0 Å². The minimum Gasteiger partial charge on any atom is -0.475 e. The minimum absolute atomic E-state index is 0.0241. The fourth-order valence-electron chi connectivity index (χ4n) is 0.761. The molecule has 1 rings (SSSR count). The number of carboxylic acid groups (broad SMARTS) is 1. The molecule has 5 nitrogen and oxygen atoms in total. The van der Waals surface area contributed by atoms with Gasteiger partial charge in [-0.05, 0) is 6.07 Å². The summed E-state index contributed by atoms with van der Waals surface area (Å²) < 4.78 is 0. The highest BCUT2D eigenvalue weighted by atomic mass is 35.5. The third-order valence-electron chi connectivity index (χ3n) is 1.38. The minimum atomic E-state index is -1.52. The summed E-state index contributed by atoms with van der Waals surface area (Å²) in [5.74, 6) is -2.50. The topological polar surface area (TPSA) is 80.1 Å². The van der Waals surface area contributed by atoms with E-state index in [1.165, 1.54) is 6.07 Å². The number of carboxylic acids is 1. The number of hydrogen-bond donors (Lipinski definition) is 1. The maximum Gasteiger partial charge on any atom is 0.372 e. The van der Waals surface area contributed by atoms with Crippen LogP contribution in [0.3, 0.4) is 0 Å². The molecule has 0 unspecified atom stereocenters. The van der Waals surface area contributed by atoms with Gasteiger partial charge in [-0.3, -0.25) is 4.79 Å². The molecular formula is C7H4Cl2N2O3. The number of aliphatic carboxylic acids is 1. The van der Waals surface area contributed by atoms with Gasteiger partial charge in [-0.1, -0.05) is 23.2 Å². The highest BCUT2D eigenvalue weighted by molar-refractivity contribution is 6.35. The van der Waals surface area contributed by atoms with Crippen LogP contribution in [0.1, 0.15) is 5.56 Å². The summed E-state index contributed by atoms with van der Waals surface area (Å²) in [6, 6.07) is 1.30. The van der Waals surface area contributed by atoms with Crippen molar-refractivity contribution < 1.29 is 14.7 Å². The van der Waals surface area contributed by atoms with Gasteiger partial charge in [0.1, 0.15) is 0 Å². The fraction of sp³-hybridized carbons (Fsp3) is 0.143. The molecule has 0 fully saturated rings. The molecule has 1 heterocycles. The van der Waals surface area contributed by atoms with E-state index >= 15 is 0 Å². The van der Waals surface area contributed by atoms with Gasteiger partial charge in [0.15, 0.2) is 10.3 Å². The first-order chi connectivity index (χ1) is 6.50. The van der Waals surface area contributed by atoms with Gasteiger partial charge in [-0.25, -0.2) is 4.79 Å². The molecule has 0 aliphatic carbocycles. The number of carbonyl (C=O) groups excluding carboxylic acids is 1. The first-order valence-electron chi connectivity index (χ1n) is 3.44. The monoisotopic (exact) mass is 234 g/mol. The zero-order valence-electron chi connectivity index (χ0n) is 6.70. The molecule has 74 valence electrons. The average Bonchev–Trinajstić information content (AvgIpc) is 2.11. The predicted molar refractivity (Wildman–Crippen MR) is 48.4 cm³/mol. The van der Waals surface area contributed by atoms with Crippen LogP contribution >= 0.6 is 23.2 Å². The zero-order valence-corrected chi connectivity index (χ0v) is 8.21. The Kier molecular flexibility index (Phi) is 3.38. The van der Waals surface area contributed by atoms with Crippen molar-refractivity contribution in [1.82, 2.24) is 10.2 Å². The maximum absolute atomic E-state index is 10.8. The quantitative estimate of drug-likeness (QED) is 0.789. The molecule has 0 atom stereocenters. The molecule has 7 heteroatoms. The van der Waals surface area contributed by atoms with Gasteiger partial charge in [0.2, 0.25) is 5.78 Å². The second-order valence-corrected chi connectivity index (χ2v) is 3.13. The molecule has 0 radical (unpaired) electrons. The van der Waals surface area contributed by atoms with Crippen LogP contribution in [0.2, 0.25) is 10.3 Å². The lowest BCUT2D eigenvalue weighted by atomic mass is 10.1. The maximum atomic E-state index is 10.8.